The molecule has 0 aliphatic carbocycles. The van der Waals surface area contributed by atoms with Crippen LogP contribution in [0, 0.1) is 17.2 Å². The number of nitrogens with zero attached hydrogens (tertiary/aromatic N) is 2. The van der Waals surface area contributed by atoms with E-state index in [1.165, 1.54) is 0 Å². The highest BCUT2D eigenvalue weighted by Gasteiger charge is 2.20. The Hall–Kier alpha value is -0.630. The van der Waals surface area contributed by atoms with Gasteiger partial charge in [-0.3, -0.25) is 4.90 Å². The van der Waals surface area contributed by atoms with Crippen LogP contribution in [0.15, 0.2) is 0 Å². The van der Waals surface area contributed by atoms with E-state index in [9.17, 15) is 5.11 Å². The van der Waals surface area contributed by atoms with E-state index in [2.05, 4.69) is 6.07 Å². The Kier molecular flexibility index (Phi) is 4.16. The molecule has 1 rings (SSSR count). The fraction of sp³-hybridized carbons (Fsp3) is 0.889. The molecule has 0 amide bonds. The van der Waals surface area contributed by atoms with Crippen molar-refractivity contribution >= 4 is 0 Å². The Morgan fingerprint density at radius 1 is 1.62 bits per heavy atom. The van der Waals surface area contributed by atoms with Crippen LogP contribution in [0.1, 0.15) is 12.8 Å². The molecule has 1 aliphatic heterocycles. The minimum Gasteiger partial charge on any atom is -0.394 e. The zero-order valence-corrected chi connectivity index (χ0v) is 7.69. The molecule has 0 aromatic heterocycles. The lowest BCUT2D eigenvalue weighted by atomic mass is 9.99. The Morgan fingerprint density at radius 3 is 3.00 bits per heavy atom. The smallest absolute Gasteiger partial charge is 0.0897 e. The molecule has 1 heterocycles. The van der Waals surface area contributed by atoms with Gasteiger partial charge in [-0.25, -0.2) is 0 Å². The average Bonchev–Trinajstić information content (AvgIpc) is 2.18. The maximum absolute atomic E-state index is 9.19. The SMILES string of the molecule is N#CC1CCCN(CC(O)CO)C1. The predicted molar refractivity (Wildman–Crippen MR) is 47.9 cm³/mol. The maximum atomic E-state index is 9.19. The monoisotopic (exact) mass is 184 g/mol. The van der Waals surface area contributed by atoms with Gasteiger partial charge in [-0.15, -0.1) is 0 Å². The van der Waals surface area contributed by atoms with Gasteiger partial charge in [0.05, 0.1) is 24.7 Å². The van der Waals surface area contributed by atoms with Crippen molar-refractivity contribution in [1.29, 1.82) is 5.26 Å². The Morgan fingerprint density at radius 2 is 2.38 bits per heavy atom. The van der Waals surface area contributed by atoms with Crippen LogP contribution in [-0.2, 0) is 0 Å². The summed E-state index contributed by atoms with van der Waals surface area (Å²) in [5.41, 5.74) is 0. The van der Waals surface area contributed by atoms with Crippen LogP contribution in [0.25, 0.3) is 0 Å². The molecule has 2 unspecified atom stereocenters. The lowest BCUT2D eigenvalue weighted by Gasteiger charge is -2.30. The van der Waals surface area contributed by atoms with Gasteiger partial charge in [-0.2, -0.15) is 5.26 Å². The summed E-state index contributed by atoms with van der Waals surface area (Å²) < 4.78 is 0. The van der Waals surface area contributed by atoms with Gasteiger partial charge in [0, 0.05) is 13.1 Å². The van der Waals surface area contributed by atoms with Crippen molar-refractivity contribution in [2.75, 3.05) is 26.2 Å². The second-order valence-electron chi connectivity index (χ2n) is 3.56. The summed E-state index contributed by atoms with van der Waals surface area (Å²) >= 11 is 0. The van der Waals surface area contributed by atoms with Crippen LogP contribution in [0.4, 0.5) is 0 Å². The predicted octanol–water partition coefficient (Wildman–Crippen LogP) is -0.425. The normalized spacial score (nSPS) is 26.7. The van der Waals surface area contributed by atoms with Crippen LogP contribution < -0.4 is 0 Å². The highest BCUT2D eigenvalue weighted by atomic mass is 16.3. The summed E-state index contributed by atoms with van der Waals surface area (Å²) in [6.45, 7) is 1.94. The zero-order chi connectivity index (χ0) is 9.68. The van der Waals surface area contributed by atoms with Gasteiger partial charge in [-0.1, -0.05) is 0 Å². The third-order valence-corrected chi connectivity index (χ3v) is 2.37. The minimum absolute atomic E-state index is 0.0969. The molecule has 4 heteroatoms. The first kappa shape index (κ1) is 10.5. The molecule has 0 spiro atoms. The van der Waals surface area contributed by atoms with E-state index in [4.69, 9.17) is 10.4 Å². The lowest BCUT2D eigenvalue weighted by Crippen LogP contribution is -2.40. The minimum atomic E-state index is -0.669. The zero-order valence-electron chi connectivity index (χ0n) is 7.69. The van der Waals surface area contributed by atoms with Crippen LogP contribution in [0.2, 0.25) is 0 Å². The molecule has 0 aromatic rings. The molecule has 1 aliphatic rings. The molecule has 0 saturated carbocycles. The third kappa shape index (κ3) is 3.31. The summed E-state index contributed by atoms with van der Waals surface area (Å²) in [4.78, 5) is 2.04. The number of β-amino-alcohol motifs (C(OH)–C–C–N with tert-alkyl or cyclic N) is 1. The molecule has 2 N–H and O–H groups in total. The van der Waals surface area contributed by atoms with Crippen LogP contribution in [-0.4, -0.2) is 47.5 Å². The van der Waals surface area contributed by atoms with Crippen LogP contribution >= 0.6 is 0 Å². The molecule has 0 bridgehead atoms. The number of piperidine rings is 1. The Labute approximate surface area is 78.4 Å². The topological polar surface area (TPSA) is 67.5 Å². The molecular weight excluding hydrogens is 168 g/mol. The van der Waals surface area contributed by atoms with E-state index in [0.29, 0.717) is 6.54 Å². The van der Waals surface area contributed by atoms with E-state index in [1.54, 1.807) is 0 Å². The van der Waals surface area contributed by atoms with Gasteiger partial charge in [0.25, 0.3) is 0 Å². The highest BCUT2D eigenvalue weighted by molar-refractivity contribution is 4.88. The molecule has 0 aromatic carbocycles. The van der Waals surface area contributed by atoms with Crippen LogP contribution in [0.3, 0.4) is 0 Å². The summed E-state index contributed by atoms with van der Waals surface area (Å²) in [5, 5.41) is 26.6. The number of nitriles is 1. The Bertz CT molecular complexity index is 191. The summed E-state index contributed by atoms with van der Waals surface area (Å²) in [7, 11) is 0. The average molecular weight is 184 g/mol. The molecule has 74 valence electrons. The van der Waals surface area contributed by atoms with Crippen molar-refractivity contribution in [3.8, 4) is 6.07 Å². The number of likely N-dealkylation sites (tertiary alicyclic amines) is 1. The first-order chi connectivity index (χ1) is 6.26. The summed E-state index contributed by atoms with van der Waals surface area (Å²) in [6.07, 6.45) is 1.30. The van der Waals surface area contributed by atoms with Crippen molar-refractivity contribution in [1.82, 2.24) is 4.90 Å². The number of rotatable bonds is 3. The molecule has 4 nitrogen and oxygen atoms in total. The fourth-order valence-corrected chi connectivity index (χ4v) is 1.68. The van der Waals surface area contributed by atoms with Crippen molar-refractivity contribution < 1.29 is 10.2 Å². The van der Waals surface area contributed by atoms with Gasteiger partial charge in [0.15, 0.2) is 0 Å². The van der Waals surface area contributed by atoms with Gasteiger partial charge in [-0.05, 0) is 19.4 Å². The number of aliphatic hydroxyl groups is 2. The fourth-order valence-electron chi connectivity index (χ4n) is 1.68. The van der Waals surface area contributed by atoms with E-state index < -0.39 is 6.10 Å². The number of aliphatic hydroxyl groups excluding tert-OH is 2. The highest BCUT2D eigenvalue weighted by Crippen LogP contribution is 2.15. The molecule has 1 saturated heterocycles. The number of hydrogen-bond donors (Lipinski definition) is 2. The third-order valence-electron chi connectivity index (χ3n) is 2.37. The Balaban J connectivity index is 2.30. The largest absolute Gasteiger partial charge is 0.394 e. The van der Waals surface area contributed by atoms with Gasteiger partial charge >= 0.3 is 0 Å². The molecular formula is C9H16N2O2. The van der Waals surface area contributed by atoms with Crippen molar-refractivity contribution in [2.24, 2.45) is 5.92 Å². The molecule has 0 radical (unpaired) electrons. The van der Waals surface area contributed by atoms with Gasteiger partial charge in [0.1, 0.15) is 0 Å². The van der Waals surface area contributed by atoms with E-state index in [-0.39, 0.29) is 12.5 Å². The quantitative estimate of drug-likeness (QED) is 0.625. The van der Waals surface area contributed by atoms with Gasteiger partial charge in [0.2, 0.25) is 0 Å². The molecule has 1 fully saturated rings. The van der Waals surface area contributed by atoms with Gasteiger partial charge < -0.3 is 10.2 Å². The second-order valence-corrected chi connectivity index (χ2v) is 3.56. The standard InChI is InChI=1S/C9H16N2O2/c10-4-8-2-1-3-11(5-8)6-9(13)7-12/h8-9,12-13H,1-3,5-7H2. The number of hydrogen-bond acceptors (Lipinski definition) is 4. The van der Waals surface area contributed by atoms with Crippen molar-refractivity contribution in [3.63, 3.8) is 0 Å². The van der Waals surface area contributed by atoms with Crippen LogP contribution in [0.5, 0.6) is 0 Å². The summed E-state index contributed by atoms with van der Waals surface area (Å²) in [6, 6.07) is 2.24. The first-order valence-electron chi connectivity index (χ1n) is 4.67. The van der Waals surface area contributed by atoms with E-state index >= 15 is 0 Å². The second kappa shape index (κ2) is 5.18. The molecule has 2 atom stereocenters. The first-order valence-corrected chi connectivity index (χ1v) is 4.67. The van der Waals surface area contributed by atoms with Crippen molar-refractivity contribution in [3.05, 3.63) is 0 Å². The lowest BCUT2D eigenvalue weighted by molar-refractivity contribution is 0.0488. The molecule has 13 heavy (non-hydrogen) atoms. The van der Waals surface area contributed by atoms with E-state index in [0.717, 1.165) is 25.9 Å². The summed E-state index contributed by atoms with van der Waals surface area (Å²) in [5.74, 6) is 0.0969. The van der Waals surface area contributed by atoms with E-state index in [1.807, 2.05) is 4.90 Å². The maximum Gasteiger partial charge on any atom is 0.0897 e. The van der Waals surface area contributed by atoms with Crippen molar-refractivity contribution in [2.45, 2.75) is 18.9 Å².